The van der Waals surface area contributed by atoms with Gasteiger partial charge in [-0.1, -0.05) is 0 Å². The summed E-state index contributed by atoms with van der Waals surface area (Å²) in [5.74, 6) is 0.804. The third-order valence-corrected chi connectivity index (χ3v) is 3.93. The van der Waals surface area contributed by atoms with Crippen molar-refractivity contribution in [1.82, 2.24) is 19.4 Å². The summed E-state index contributed by atoms with van der Waals surface area (Å²) in [5.41, 5.74) is 2.45. The van der Waals surface area contributed by atoms with Gasteiger partial charge in [-0.15, -0.1) is 11.3 Å². The van der Waals surface area contributed by atoms with Gasteiger partial charge in [0.2, 0.25) is 0 Å². The van der Waals surface area contributed by atoms with Gasteiger partial charge in [0.1, 0.15) is 0 Å². The lowest BCUT2D eigenvalue weighted by Gasteiger charge is -2.09. The van der Waals surface area contributed by atoms with Crippen molar-refractivity contribution in [1.29, 1.82) is 0 Å². The highest BCUT2D eigenvalue weighted by atomic mass is 32.1. The topological polar surface area (TPSA) is 51.0 Å². The predicted molar refractivity (Wildman–Crippen MR) is 79.8 cm³/mol. The van der Waals surface area contributed by atoms with E-state index in [9.17, 15) is 4.79 Å². The average Bonchev–Trinajstić information content (AvgIpc) is 3.05. The summed E-state index contributed by atoms with van der Waals surface area (Å²) in [5, 5.41) is 2.81. The first-order valence-electron chi connectivity index (χ1n) is 6.16. The number of carbonyl (C=O) groups excluding carboxylic acids is 1. The Morgan fingerprint density at radius 2 is 2.15 bits per heavy atom. The maximum Gasteiger partial charge on any atom is 0.253 e. The van der Waals surface area contributed by atoms with Crippen molar-refractivity contribution in [2.75, 3.05) is 14.1 Å². The summed E-state index contributed by atoms with van der Waals surface area (Å²) >= 11 is 1.55. The van der Waals surface area contributed by atoms with Crippen LogP contribution in [0.15, 0.2) is 29.8 Å². The van der Waals surface area contributed by atoms with Gasteiger partial charge in [-0.3, -0.25) is 4.79 Å². The minimum Gasteiger partial charge on any atom is -0.345 e. The fourth-order valence-electron chi connectivity index (χ4n) is 2.12. The fourth-order valence-corrected chi connectivity index (χ4v) is 2.78. The Kier molecular flexibility index (Phi) is 3.02. The highest BCUT2D eigenvalue weighted by Crippen LogP contribution is 2.25. The van der Waals surface area contributed by atoms with Gasteiger partial charge in [-0.05, 0) is 18.2 Å². The van der Waals surface area contributed by atoms with Crippen LogP contribution in [0.25, 0.3) is 21.9 Å². The molecule has 3 aromatic rings. The fraction of sp³-hybridized carbons (Fsp3) is 0.214. The minimum atomic E-state index is -0.0200. The van der Waals surface area contributed by atoms with Gasteiger partial charge >= 0.3 is 0 Å². The van der Waals surface area contributed by atoms with E-state index in [4.69, 9.17) is 0 Å². The third kappa shape index (κ3) is 1.98. The zero-order valence-corrected chi connectivity index (χ0v) is 12.3. The molecule has 0 bridgehead atoms. The lowest BCUT2D eigenvalue weighted by atomic mass is 10.2. The molecule has 0 aliphatic carbocycles. The van der Waals surface area contributed by atoms with Crippen molar-refractivity contribution in [3.63, 3.8) is 0 Å². The van der Waals surface area contributed by atoms with Crippen molar-refractivity contribution in [3.05, 3.63) is 35.3 Å². The molecule has 0 spiro atoms. The molecule has 102 valence electrons. The number of fused-ring (bicyclic) bond motifs is 1. The van der Waals surface area contributed by atoms with Gasteiger partial charge in [0.15, 0.2) is 10.8 Å². The zero-order chi connectivity index (χ0) is 14.3. The predicted octanol–water partition coefficient (Wildman–Crippen LogP) is 2.40. The molecule has 0 aliphatic rings. The maximum absolute atomic E-state index is 12.0. The number of amides is 1. The summed E-state index contributed by atoms with van der Waals surface area (Å²) < 4.78 is 2.00. The van der Waals surface area contributed by atoms with Crippen LogP contribution in [0.1, 0.15) is 10.4 Å². The van der Waals surface area contributed by atoms with Crippen LogP contribution < -0.4 is 0 Å². The number of carbonyl (C=O) groups is 1. The molecule has 6 heteroatoms. The van der Waals surface area contributed by atoms with Crippen molar-refractivity contribution >= 4 is 28.3 Å². The van der Waals surface area contributed by atoms with Crippen molar-refractivity contribution in [3.8, 4) is 10.8 Å². The van der Waals surface area contributed by atoms with Crippen LogP contribution in [0.2, 0.25) is 0 Å². The van der Waals surface area contributed by atoms with Gasteiger partial charge in [0.05, 0.1) is 11.0 Å². The van der Waals surface area contributed by atoms with Gasteiger partial charge in [-0.25, -0.2) is 9.97 Å². The van der Waals surface area contributed by atoms with Crippen LogP contribution in [-0.2, 0) is 7.05 Å². The van der Waals surface area contributed by atoms with Gasteiger partial charge < -0.3 is 9.47 Å². The average molecular weight is 286 g/mol. The number of hydrogen-bond acceptors (Lipinski definition) is 4. The SMILES string of the molecule is CN(C)C(=O)c1ccc2c(c1)nc(-c1nccs1)n2C. The molecule has 1 aromatic carbocycles. The summed E-state index contributed by atoms with van der Waals surface area (Å²) in [7, 11) is 5.44. The second-order valence-electron chi connectivity index (χ2n) is 4.73. The van der Waals surface area contributed by atoms with Crippen LogP contribution >= 0.6 is 11.3 Å². The van der Waals surface area contributed by atoms with Gasteiger partial charge in [-0.2, -0.15) is 0 Å². The Morgan fingerprint density at radius 3 is 2.80 bits per heavy atom. The molecule has 20 heavy (non-hydrogen) atoms. The van der Waals surface area contributed by atoms with E-state index in [1.165, 1.54) is 0 Å². The first-order valence-corrected chi connectivity index (χ1v) is 7.04. The molecule has 1 amide bonds. The van der Waals surface area contributed by atoms with E-state index in [-0.39, 0.29) is 5.91 Å². The zero-order valence-electron chi connectivity index (χ0n) is 11.5. The number of hydrogen-bond donors (Lipinski definition) is 0. The minimum absolute atomic E-state index is 0.0200. The van der Waals surface area contributed by atoms with Crippen molar-refractivity contribution in [2.24, 2.45) is 7.05 Å². The summed E-state index contributed by atoms with van der Waals surface area (Å²) in [6, 6.07) is 5.59. The van der Waals surface area contributed by atoms with Crippen molar-refractivity contribution in [2.45, 2.75) is 0 Å². The molecule has 3 rings (SSSR count). The van der Waals surface area contributed by atoms with E-state index >= 15 is 0 Å². The van der Waals surface area contributed by atoms with E-state index in [0.29, 0.717) is 5.56 Å². The van der Waals surface area contributed by atoms with Crippen LogP contribution in [0.4, 0.5) is 0 Å². The van der Waals surface area contributed by atoms with Crippen LogP contribution in [-0.4, -0.2) is 39.4 Å². The standard InChI is InChI=1S/C14H14N4OS/c1-17(2)14(19)9-4-5-11-10(8-9)16-12(18(11)3)13-15-6-7-20-13/h4-8H,1-3H3. The summed E-state index contributed by atoms with van der Waals surface area (Å²) in [4.78, 5) is 22.4. The summed E-state index contributed by atoms with van der Waals surface area (Å²) in [6.45, 7) is 0. The molecule has 5 nitrogen and oxygen atoms in total. The Balaban J connectivity index is 2.15. The van der Waals surface area contributed by atoms with Crippen LogP contribution in [0.3, 0.4) is 0 Å². The molecule has 0 aliphatic heterocycles. The van der Waals surface area contributed by atoms with Crippen LogP contribution in [0, 0.1) is 0 Å². The second kappa shape index (κ2) is 4.72. The quantitative estimate of drug-likeness (QED) is 0.727. The number of thiazole rings is 1. The van der Waals surface area contributed by atoms with E-state index in [2.05, 4.69) is 9.97 Å². The number of rotatable bonds is 2. The lowest BCUT2D eigenvalue weighted by molar-refractivity contribution is 0.0828. The smallest absolute Gasteiger partial charge is 0.253 e. The number of benzene rings is 1. The highest BCUT2D eigenvalue weighted by molar-refractivity contribution is 7.13. The van der Waals surface area contributed by atoms with E-state index in [0.717, 1.165) is 21.9 Å². The molecule has 2 heterocycles. The summed E-state index contributed by atoms with van der Waals surface area (Å²) in [6.07, 6.45) is 1.76. The first kappa shape index (κ1) is 12.8. The molecular formula is C14H14N4OS. The molecule has 0 atom stereocenters. The Labute approximate surface area is 120 Å². The maximum atomic E-state index is 12.0. The number of aryl methyl sites for hydroxylation is 1. The largest absolute Gasteiger partial charge is 0.345 e. The molecule has 0 saturated carbocycles. The molecular weight excluding hydrogens is 272 g/mol. The second-order valence-corrected chi connectivity index (χ2v) is 5.63. The number of imidazole rings is 1. The van der Waals surface area contributed by atoms with Crippen LogP contribution in [0.5, 0.6) is 0 Å². The lowest BCUT2D eigenvalue weighted by Crippen LogP contribution is -2.21. The van der Waals surface area contributed by atoms with Gasteiger partial charge in [0, 0.05) is 38.3 Å². The molecule has 2 aromatic heterocycles. The number of nitrogens with zero attached hydrogens (tertiary/aromatic N) is 4. The molecule has 0 N–H and O–H groups in total. The van der Waals surface area contributed by atoms with Crippen molar-refractivity contribution < 1.29 is 4.79 Å². The Hall–Kier alpha value is -2.21. The third-order valence-electron chi connectivity index (χ3n) is 3.16. The molecule has 0 radical (unpaired) electrons. The Bertz CT molecular complexity index is 774. The van der Waals surface area contributed by atoms with E-state index in [1.807, 2.05) is 35.2 Å². The molecule has 0 unspecified atom stereocenters. The van der Waals surface area contributed by atoms with E-state index < -0.39 is 0 Å². The highest BCUT2D eigenvalue weighted by Gasteiger charge is 2.14. The molecule has 0 saturated heterocycles. The van der Waals surface area contributed by atoms with E-state index in [1.54, 1.807) is 36.5 Å². The normalized spacial score (nSPS) is 10.9. The molecule has 0 fully saturated rings. The number of aromatic nitrogens is 3. The first-order chi connectivity index (χ1) is 9.58. The monoisotopic (exact) mass is 286 g/mol. The van der Waals surface area contributed by atoms with Gasteiger partial charge in [0.25, 0.3) is 5.91 Å². The Morgan fingerprint density at radius 1 is 1.35 bits per heavy atom.